The van der Waals surface area contributed by atoms with Gasteiger partial charge in [0.05, 0.1) is 0 Å². The Hall–Kier alpha value is -3.60. The van der Waals surface area contributed by atoms with E-state index in [0.717, 1.165) is 11.3 Å². The Bertz CT molecular complexity index is 889. The highest BCUT2D eigenvalue weighted by atomic mass is 16.5. The predicted molar refractivity (Wildman–Crippen MR) is 101 cm³/mol. The lowest BCUT2D eigenvalue weighted by Crippen LogP contribution is -2.29. The fourth-order valence-corrected chi connectivity index (χ4v) is 2.24. The topological polar surface area (TPSA) is 67.4 Å². The van der Waals surface area contributed by atoms with Gasteiger partial charge in [0.1, 0.15) is 11.5 Å². The average Bonchev–Trinajstić information content (AvgIpc) is 2.66. The standard InChI is InChI=1S/C21H18N2O3/c1-15-7-9-16(10-8-15)22-20(24)21(25)23-17-11-13-19(14-12-17)26-18-5-3-2-4-6-18/h2-14H,1H3,(H,22,24)(H,23,25). The van der Waals surface area contributed by atoms with Crippen molar-refractivity contribution in [3.8, 4) is 11.5 Å². The van der Waals surface area contributed by atoms with E-state index in [4.69, 9.17) is 4.74 Å². The highest BCUT2D eigenvalue weighted by Crippen LogP contribution is 2.22. The van der Waals surface area contributed by atoms with Crippen LogP contribution in [0.15, 0.2) is 78.9 Å². The number of carbonyl (C=O) groups excluding carboxylic acids is 2. The molecule has 3 aromatic rings. The fourth-order valence-electron chi connectivity index (χ4n) is 2.24. The first-order chi connectivity index (χ1) is 12.6. The van der Waals surface area contributed by atoms with Crippen molar-refractivity contribution in [1.29, 1.82) is 0 Å². The normalized spacial score (nSPS) is 10.0. The number of ether oxygens (including phenoxy) is 1. The molecule has 26 heavy (non-hydrogen) atoms. The third kappa shape index (κ3) is 4.70. The Kier molecular flexibility index (Phi) is 5.29. The van der Waals surface area contributed by atoms with E-state index in [1.54, 1.807) is 36.4 Å². The number of amides is 2. The monoisotopic (exact) mass is 346 g/mol. The van der Waals surface area contributed by atoms with Crippen LogP contribution >= 0.6 is 0 Å². The highest BCUT2D eigenvalue weighted by molar-refractivity contribution is 6.43. The van der Waals surface area contributed by atoms with E-state index in [2.05, 4.69) is 10.6 Å². The first-order valence-corrected chi connectivity index (χ1v) is 8.12. The lowest BCUT2D eigenvalue weighted by Gasteiger charge is -2.08. The molecule has 5 nitrogen and oxygen atoms in total. The van der Waals surface area contributed by atoms with Gasteiger partial charge in [-0.15, -0.1) is 0 Å². The van der Waals surface area contributed by atoms with Gasteiger partial charge in [-0.25, -0.2) is 0 Å². The van der Waals surface area contributed by atoms with Crippen LogP contribution in [0.25, 0.3) is 0 Å². The summed E-state index contributed by atoms with van der Waals surface area (Å²) in [6.07, 6.45) is 0. The predicted octanol–water partition coefficient (Wildman–Crippen LogP) is 4.36. The SMILES string of the molecule is Cc1ccc(NC(=O)C(=O)Nc2ccc(Oc3ccccc3)cc2)cc1. The quantitative estimate of drug-likeness (QED) is 0.690. The van der Waals surface area contributed by atoms with Gasteiger partial charge in [0.15, 0.2) is 0 Å². The maximum atomic E-state index is 12.0. The van der Waals surface area contributed by atoms with Crippen molar-refractivity contribution in [2.75, 3.05) is 10.6 Å². The zero-order chi connectivity index (χ0) is 18.4. The molecular weight excluding hydrogens is 328 g/mol. The van der Waals surface area contributed by atoms with Crippen LogP contribution in [0, 0.1) is 6.92 Å². The van der Waals surface area contributed by atoms with Gasteiger partial charge >= 0.3 is 11.8 Å². The molecule has 3 rings (SSSR count). The van der Waals surface area contributed by atoms with Gasteiger partial charge in [0, 0.05) is 11.4 Å². The molecule has 2 N–H and O–H groups in total. The van der Waals surface area contributed by atoms with Crippen molar-refractivity contribution in [3.05, 3.63) is 84.4 Å². The molecule has 0 saturated carbocycles. The number of para-hydroxylation sites is 1. The summed E-state index contributed by atoms with van der Waals surface area (Å²) in [4.78, 5) is 24.0. The maximum Gasteiger partial charge on any atom is 0.314 e. The van der Waals surface area contributed by atoms with Gasteiger partial charge in [-0.2, -0.15) is 0 Å². The van der Waals surface area contributed by atoms with Crippen LogP contribution in [0.5, 0.6) is 11.5 Å². The van der Waals surface area contributed by atoms with Crippen molar-refractivity contribution >= 4 is 23.2 Å². The number of nitrogens with one attached hydrogen (secondary N) is 2. The summed E-state index contributed by atoms with van der Waals surface area (Å²) in [5, 5.41) is 5.12. The zero-order valence-corrected chi connectivity index (χ0v) is 14.2. The Labute approximate surface area is 151 Å². The van der Waals surface area contributed by atoms with Crippen LogP contribution in [-0.4, -0.2) is 11.8 Å². The van der Waals surface area contributed by atoms with E-state index < -0.39 is 11.8 Å². The summed E-state index contributed by atoms with van der Waals surface area (Å²) in [5.74, 6) is -0.0964. The Morgan fingerprint density at radius 3 is 1.65 bits per heavy atom. The molecule has 0 fully saturated rings. The maximum absolute atomic E-state index is 12.0. The molecule has 130 valence electrons. The Balaban J connectivity index is 1.57. The van der Waals surface area contributed by atoms with Crippen LogP contribution in [0.4, 0.5) is 11.4 Å². The number of aryl methyl sites for hydroxylation is 1. The minimum atomic E-state index is -0.734. The van der Waals surface area contributed by atoms with E-state index in [1.165, 1.54) is 0 Å². The smallest absolute Gasteiger partial charge is 0.314 e. The van der Waals surface area contributed by atoms with Gasteiger partial charge in [-0.3, -0.25) is 9.59 Å². The Morgan fingerprint density at radius 2 is 1.12 bits per heavy atom. The second-order valence-electron chi connectivity index (χ2n) is 5.71. The van der Waals surface area contributed by atoms with Crippen molar-refractivity contribution < 1.29 is 14.3 Å². The highest BCUT2D eigenvalue weighted by Gasteiger charge is 2.14. The molecule has 0 aliphatic carbocycles. The number of anilines is 2. The molecule has 0 aromatic heterocycles. The van der Waals surface area contributed by atoms with E-state index >= 15 is 0 Å². The number of carbonyl (C=O) groups is 2. The van der Waals surface area contributed by atoms with Gasteiger partial charge in [0.25, 0.3) is 0 Å². The summed E-state index contributed by atoms with van der Waals surface area (Å²) in [7, 11) is 0. The molecule has 0 aliphatic heterocycles. The average molecular weight is 346 g/mol. The molecular formula is C21H18N2O3. The molecule has 3 aromatic carbocycles. The lowest BCUT2D eigenvalue weighted by molar-refractivity contribution is -0.132. The van der Waals surface area contributed by atoms with Crippen LogP contribution in [0.3, 0.4) is 0 Å². The Morgan fingerprint density at radius 1 is 0.654 bits per heavy atom. The minimum absolute atomic E-state index is 0.509. The van der Waals surface area contributed by atoms with Crippen molar-refractivity contribution in [3.63, 3.8) is 0 Å². The van der Waals surface area contributed by atoms with Crippen LogP contribution in [0.1, 0.15) is 5.56 Å². The van der Waals surface area contributed by atoms with Gasteiger partial charge < -0.3 is 15.4 Å². The van der Waals surface area contributed by atoms with Crippen LogP contribution < -0.4 is 15.4 Å². The molecule has 2 amide bonds. The van der Waals surface area contributed by atoms with E-state index in [-0.39, 0.29) is 0 Å². The first kappa shape index (κ1) is 17.2. The lowest BCUT2D eigenvalue weighted by atomic mass is 10.2. The molecule has 0 radical (unpaired) electrons. The summed E-state index contributed by atoms with van der Waals surface area (Å²) in [5.41, 5.74) is 2.15. The van der Waals surface area contributed by atoms with Crippen LogP contribution in [0.2, 0.25) is 0 Å². The van der Waals surface area contributed by atoms with E-state index in [9.17, 15) is 9.59 Å². The first-order valence-electron chi connectivity index (χ1n) is 8.12. The third-order valence-corrected chi connectivity index (χ3v) is 3.61. The minimum Gasteiger partial charge on any atom is -0.457 e. The second kappa shape index (κ2) is 7.98. The molecule has 0 aliphatic rings. The number of benzene rings is 3. The molecule has 0 heterocycles. The van der Waals surface area contributed by atoms with Crippen molar-refractivity contribution in [1.82, 2.24) is 0 Å². The summed E-state index contributed by atoms with van der Waals surface area (Å²) in [6.45, 7) is 1.95. The van der Waals surface area contributed by atoms with Gasteiger partial charge in [-0.1, -0.05) is 35.9 Å². The summed E-state index contributed by atoms with van der Waals surface area (Å²) in [6, 6.07) is 23.4. The molecule has 5 heteroatoms. The molecule has 0 unspecified atom stereocenters. The number of hydrogen-bond donors (Lipinski definition) is 2. The largest absolute Gasteiger partial charge is 0.457 e. The van der Waals surface area contributed by atoms with Crippen molar-refractivity contribution in [2.24, 2.45) is 0 Å². The molecule has 0 bridgehead atoms. The van der Waals surface area contributed by atoms with Gasteiger partial charge in [0.2, 0.25) is 0 Å². The van der Waals surface area contributed by atoms with E-state index in [0.29, 0.717) is 17.1 Å². The fraction of sp³-hybridized carbons (Fsp3) is 0.0476. The van der Waals surface area contributed by atoms with E-state index in [1.807, 2.05) is 49.4 Å². The molecule has 0 atom stereocenters. The van der Waals surface area contributed by atoms with Crippen molar-refractivity contribution in [2.45, 2.75) is 6.92 Å². The second-order valence-corrected chi connectivity index (χ2v) is 5.71. The summed E-state index contributed by atoms with van der Waals surface area (Å²) >= 11 is 0. The van der Waals surface area contributed by atoms with Gasteiger partial charge in [-0.05, 0) is 55.5 Å². The molecule has 0 spiro atoms. The number of hydrogen-bond acceptors (Lipinski definition) is 3. The third-order valence-electron chi connectivity index (χ3n) is 3.61. The zero-order valence-electron chi connectivity index (χ0n) is 14.2. The summed E-state index contributed by atoms with van der Waals surface area (Å²) < 4.78 is 5.68. The molecule has 0 saturated heterocycles. The number of rotatable bonds is 4. The van der Waals surface area contributed by atoms with Crippen LogP contribution in [-0.2, 0) is 9.59 Å².